The van der Waals surface area contributed by atoms with Crippen LogP contribution in [-0.4, -0.2) is 56.9 Å². The number of carbonyl (C=O) groups excluding carboxylic acids is 1. The predicted octanol–water partition coefficient (Wildman–Crippen LogP) is 4.79. The van der Waals surface area contributed by atoms with E-state index < -0.39 is 11.9 Å². The van der Waals surface area contributed by atoms with E-state index in [0.29, 0.717) is 49.5 Å². The molecule has 0 N–H and O–H groups in total. The molecule has 6 rings (SSSR count). The van der Waals surface area contributed by atoms with Gasteiger partial charge in [-0.25, -0.2) is 14.6 Å². The van der Waals surface area contributed by atoms with E-state index in [0.717, 1.165) is 28.5 Å². The maximum absolute atomic E-state index is 13.5. The molecule has 1 fully saturated rings. The summed E-state index contributed by atoms with van der Waals surface area (Å²) in [7, 11) is 0. The first-order chi connectivity index (χ1) is 19.7. The number of rotatable bonds is 6. The van der Waals surface area contributed by atoms with Crippen LogP contribution >= 0.6 is 0 Å². The fourth-order valence-electron chi connectivity index (χ4n) is 5.13. The third-order valence-corrected chi connectivity index (χ3v) is 7.20. The van der Waals surface area contributed by atoms with Crippen LogP contribution in [-0.2, 0) is 28.7 Å². The topological polar surface area (TPSA) is 89.3 Å². The number of hydrogen-bond acceptors (Lipinski definition) is 7. The second kappa shape index (κ2) is 10.6. The van der Waals surface area contributed by atoms with Crippen LogP contribution in [0.1, 0.15) is 42.3 Å². The van der Waals surface area contributed by atoms with Crippen molar-refractivity contribution in [3.8, 4) is 17.1 Å². The van der Waals surface area contributed by atoms with E-state index in [1.807, 2.05) is 17.0 Å². The van der Waals surface area contributed by atoms with Crippen LogP contribution in [0.25, 0.3) is 17.1 Å². The minimum atomic E-state index is -4.57. The molecule has 3 aromatic heterocycles. The predicted molar refractivity (Wildman–Crippen MR) is 146 cm³/mol. The minimum absolute atomic E-state index is 0.0951. The van der Waals surface area contributed by atoms with Gasteiger partial charge in [0.2, 0.25) is 5.91 Å². The van der Waals surface area contributed by atoms with E-state index in [4.69, 9.17) is 9.72 Å². The molecule has 5 heterocycles. The van der Waals surface area contributed by atoms with Gasteiger partial charge in [0, 0.05) is 42.7 Å². The molecule has 0 saturated carbocycles. The van der Waals surface area contributed by atoms with Crippen molar-refractivity contribution < 1.29 is 22.7 Å². The normalized spacial score (nSPS) is 15.6. The average molecular weight is 564 g/mol. The molecule has 2 aliphatic rings. The number of amides is 1. The van der Waals surface area contributed by atoms with Crippen molar-refractivity contribution in [3.63, 3.8) is 0 Å². The lowest BCUT2D eigenvalue weighted by Crippen LogP contribution is -2.37. The molecule has 2 aliphatic heterocycles. The van der Waals surface area contributed by atoms with E-state index in [1.165, 1.54) is 4.68 Å². The summed E-state index contributed by atoms with van der Waals surface area (Å²) in [6.45, 7) is 6.17. The highest BCUT2D eigenvalue weighted by molar-refractivity contribution is 6.00. The summed E-state index contributed by atoms with van der Waals surface area (Å²) in [5, 5.41) is 3.88. The second-order valence-electron chi connectivity index (χ2n) is 10.4. The molecular formula is C29H28F3N7O2. The first-order valence-electron chi connectivity index (χ1n) is 13.4. The summed E-state index contributed by atoms with van der Waals surface area (Å²) in [5.74, 6) is 1.49. The molecule has 0 bridgehead atoms. The van der Waals surface area contributed by atoms with E-state index in [2.05, 4.69) is 28.9 Å². The lowest BCUT2D eigenvalue weighted by atomic mass is 10.0. The summed E-state index contributed by atoms with van der Waals surface area (Å²) < 4.78 is 47.3. The number of hydrogen-bond donors (Lipinski definition) is 0. The Kier molecular flexibility index (Phi) is 6.94. The minimum Gasteiger partial charge on any atom is -0.378 e. The van der Waals surface area contributed by atoms with Gasteiger partial charge in [-0.3, -0.25) is 14.7 Å². The monoisotopic (exact) mass is 563 g/mol. The summed E-state index contributed by atoms with van der Waals surface area (Å²) in [6.07, 6.45) is -0.933. The van der Waals surface area contributed by atoms with Gasteiger partial charge in [-0.15, -0.1) is 0 Å². The van der Waals surface area contributed by atoms with Crippen molar-refractivity contribution in [1.29, 1.82) is 0 Å². The van der Waals surface area contributed by atoms with Crippen LogP contribution in [0.5, 0.6) is 0 Å². The van der Waals surface area contributed by atoms with Crippen LogP contribution in [0.15, 0.2) is 54.9 Å². The maximum Gasteiger partial charge on any atom is 0.435 e. The molecule has 1 aromatic carbocycles. The Labute approximate surface area is 234 Å². The summed E-state index contributed by atoms with van der Waals surface area (Å²) in [5.41, 5.74) is 2.78. The number of nitrogens with zero attached hydrogens (tertiary/aromatic N) is 7. The lowest BCUT2D eigenvalue weighted by Gasteiger charge is -2.28. The number of pyridine rings is 1. The van der Waals surface area contributed by atoms with Crippen LogP contribution < -0.4 is 9.80 Å². The number of ether oxygens (including phenoxy) is 1. The number of benzene rings is 1. The Morgan fingerprint density at radius 3 is 2.51 bits per heavy atom. The maximum atomic E-state index is 13.5. The number of carbonyl (C=O) groups is 1. The molecule has 41 heavy (non-hydrogen) atoms. The molecule has 1 saturated heterocycles. The zero-order valence-corrected chi connectivity index (χ0v) is 22.6. The summed E-state index contributed by atoms with van der Waals surface area (Å²) in [4.78, 5) is 30.2. The van der Waals surface area contributed by atoms with Crippen molar-refractivity contribution in [3.05, 3.63) is 77.4 Å². The number of halogens is 3. The van der Waals surface area contributed by atoms with Crippen LogP contribution in [0, 0.1) is 0 Å². The lowest BCUT2D eigenvalue weighted by molar-refractivity contribution is -0.141. The molecule has 212 valence electrons. The Morgan fingerprint density at radius 1 is 1.05 bits per heavy atom. The van der Waals surface area contributed by atoms with Gasteiger partial charge in [0.1, 0.15) is 11.6 Å². The number of fused-ring (bicyclic) bond motifs is 1. The van der Waals surface area contributed by atoms with Crippen LogP contribution in [0.2, 0.25) is 0 Å². The molecule has 0 atom stereocenters. The highest BCUT2D eigenvalue weighted by atomic mass is 19.4. The highest BCUT2D eigenvalue weighted by Gasteiger charge is 2.36. The fraction of sp³-hybridized carbons (Fsp3) is 0.345. The van der Waals surface area contributed by atoms with Crippen molar-refractivity contribution >= 4 is 17.5 Å². The molecular weight excluding hydrogens is 535 g/mol. The van der Waals surface area contributed by atoms with E-state index in [-0.39, 0.29) is 24.8 Å². The molecule has 9 nitrogen and oxygen atoms in total. The third kappa shape index (κ3) is 5.26. The number of anilines is 2. The zero-order chi connectivity index (χ0) is 28.7. The number of aromatic nitrogens is 5. The summed E-state index contributed by atoms with van der Waals surface area (Å²) >= 11 is 0. The van der Waals surface area contributed by atoms with E-state index >= 15 is 0 Å². The van der Waals surface area contributed by atoms with E-state index in [1.54, 1.807) is 41.6 Å². The largest absolute Gasteiger partial charge is 0.435 e. The molecule has 0 radical (unpaired) electrons. The van der Waals surface area contributed by atoms with E-state index in [9.17, 15) is 18.0 Å². The Bertz CT molecular complexity index is 1580. The first-order valence-corrected chi connectivity index (χ1v) is 13.4. The van der Waals surface area contributed by atoms with Gasteiger partial charge in [0.25, 0.3) is 0 Å². The van der Waals surface area contributed by atoms with Crippen LogP contribution in [0.4, 0.5) is 24.8 Å². The Morgan fingerprint density at radius 2 is 1.80 bits per heavy atom. The fourth-order valence-corrected chi connectivity index (χ4v) is 5.13. The standard InChI is InChI=1S/C29H28F3N7O2/c1-18(2)26-22(4-3-9-33-26)27-34-16-20-14-25(40)38(28(20)35-27)17-19-5-7-21(8-6-19)39-24(37-10-12-41-13-11-37)15-23(36-39)29(30,31)32/h3-9,15-16,18H,10-14,17H2,1-2H3. The third-order valence-electron chi connectivity index (χ3n) is 7.20. The van der Waals surface area contributed by atoms with Gasteiger partial charge in [0.15, 0.2) is 11.5 Å². The van der Waals surface area contributed by atoms with Gasteiger partial charge in [0.05, 0.1) is 37.6 Å². The molecule has 12 heteroatoms. The quantitative estimate of drug-likeness (QED) is 0.333. The van der Waals surface area contributed by atoms with Gasteiger partial charge in [-0.05, 0) is 35.7 Å². The van der Waals surface area contributed by atoms with Gasteiger partial charge >= 0.3 is 6.18 Å². The van der Waals surface area contributed by atoms with Gasteiger partial charge < -0.3 is 9.64 Å². The van der Waals surface area contributed by atoms with Crippen molar-refractivity contribution in [1.82, 2.24) is 24.7 Å². The highest BCUT2D eigenvalue weighted by Crippen LogP contribution is 2.34. The zero-order valence-electron chi connectivity index (χ0n) is 22.6. The molecule has 1 amide bonds. The molecule has 0 spiro atoms. The summed E-state index contributed by atoms with van der Waals surface area (Å²) in [6, 6.07) is 11.8. The molecule has 0 aliphatic carbocycles. The molecule has 0 unspecified atom stereocenters. The Hall–Kier alpha value is -4.32. The second-order valence-corrected chi connectivity index (χ2v) is 10.4. The Balaban J connectivity index is 1.28. The first kappa shape index (κ1) is 26.9. The van der Waals surface area contributed by atoms with Crippen molar-refractivity contribution in [2.45, 2.75) is 38.9 Å². The smallest absolute Gasteiger partial charge is 0.378 e. The average Bonchev–Trinajstić information content (AvgIpc) is 3.55. The van der Waals surface area contributed by atoms with Crippen molar-refractivity contribution in [2.24, 2.45) is 0 Å². The van der Waals surface area contributed by atoms with Crippen LogP contribution in [0.3, 0.4) is 0 Å². The SMILES string of the molecule is CC(C)c1ncccc1-c1ncc2c(n1)N(Cc1ccc(-n3nc(C(F)(F)F)cc3N3CCOCC3)cc1)C(=O)C2. The number of morpholine rings is 1. The van der Waals surface area contributed by atoms with Crippen molar-refractivity contribution in [2.75, 3.05) is 36.1 Å². The van der Waals surface area contributed by atoms with Gasteiger partial charge in [-0.1, -0.05) is 26.0 Å². The number of alkyl halides is 3. The molecule has 4 aromatic rings. The van der Waals surface area contributed by atoms with Gasteiger partial charge in [-0.2, -0.15) is 18.3 Å².